The summed E-state index contributed by atoms with van der Waals surface area (Å²) in [7, 11) is 0. The number of benzene rings is 7. The normalized spacial score (nSPS) is 11.3. The molecule has 0 radical (unpaired) electrons. The Labute approximate surface area is 277 Å². The van der Waals surface area contributed by atoms with Crippen molar-refractivity contribution in [3.63, 3.8) is 0 Å². The number of para-hydroxylation sites is 4. The lowest BCUT2D eigenvalue weighted by Crippen LogP contribution is -1.98. The van der Waals surface area contributed by atoms with Crippen LogP contribution in [0.25, 0.3) is 77.2 Å². The van der Waals surface area contributed by atoms with Gasteiger partial charge in [0.2, 0.25) is 0 Å². The molecule has 4 heteroatoms. The van der Waals surface area contributed by atoms with Gasteiger partial charge in [0.25, 0.3) is 0 Å². The largest absolute Gasteiger partial charge is 0.309 e. The molecule has 0 aliphatic carbocycles. The van der Waals surface area contributed by atoms with Gasteiger partial charge in [0, 0.05) is 38.4 Å². The van der Waals surface area contributed by atoms with Gasteiger partial charge in [-0.05, 0) is 77.9 Å². The minimum absolute atomic E-state index is 0.612. The smallest absolute Gasteiger partial charge is 0.0998 e. The molecule has 0 bridgehead atoms. The molecule has 0 aliphatic rings. The van der Waals surface area contributed by atoms with E-state index < -0.39 is 0 Å². The first-order valence-electron chi connectivity index (χ1n) is 15.9. The highest BCUT2D eigenvalue weighted by atomic mass is 15.0. The molecule has 222 valence electrons. The SMILES string of the molecule is N#Cc1ccc2c(c1)c1ccccc1n2-c1ccccc1-c1cc(-c2ccc(-n3c4ccccc4c4ccccc43)cc2)ccc1C#N. The molecule has 0 atom stereocenters. The summed E-state index contributed by atoms with van der Waals surface area (Å²) < 4.78 is 4.57. The molecular weight excluding hydrogens is 585 g/mol. The van der Waals surface area contributed by atoms with Gasteiger partial charge in [0.05, 0.1) is 51.0 Å². The molecule has 0 unspecified atom stereocenters. The molecule has 2 heterocycles. The van der Waals surface area contributed by atoms with Crippen molar-refractivity contribution in [2.24, 2.45) is 0 Å². The fourth-order valence-corrected chi connectivity index (χ4v) is 7.25. The van der Waals surface area contributed by atoms with Crippen molar-refractivity contribution in [3.05, 3.63) is 169 Å². The van der Waals surface area contributed by atoms with Gasteiger partial charge in [-0.25, -0.2) is 0 Å². The van der Waals surface area contributed by atoms with E-state index in [0.29, 0.717) is 11.1 Å². The minimum Gasteiger partial charge on any atom is -0.309 e. The molecule has 4 nitrogen and oxygen atoms in total. The molecule has 0 N–H and O–H groups in total. The van der Waals surface area contributed by atoms with Crippen LogP contribution in [0.5, 0.6) is 0 Å². The van der Waals surface area contributed by atoms with Crippen molar-refractivity contribution in [1.82, 2.24) is 9.13 Å². The van der Waals surface area contributed by atoms with Crippen LogP contribution in [0.3, 0.4) is 0 Å². The third kappa shape index (κ3) is 4.14. The lowest BCUT2D eigenvalue weighted by atomic mass is 9.94. The second kappa shape index (κ2) is 10.9. The molecule has 0 saturated heterocycles. The molecular formula is C44H26N4. The van der Waals surface area contributed by atoms with E-state index in [1.165, 1.54) is 21.8 Å². The lowest BCUT2D eigenvalue weighted by Gasteiger charge is -2.16. The summed E-state index contributed by atoms with van der Waals surface area (Å²) in [6, 6.07) is 58.9. The van der Waals surface area contributed by atoms with Crippen molar-refractivity contribution in [3.8, 4) is 45.8 Å². The topological polar surface area (TPSA) is 57.4 Å². The number of hydrogen-bond acceptors (Lipinski definition) is 2. The minimum atomic E-state index is 0.612. The van der Waals surface area contributed by atoms with Crippen LogP contribution < -0.4 is 0 Å². The monoisotopic (exact) mass is 610 g/mol. The third-order valence-electron chi connectivity index (χ3n) is 9.42. The number of hydrogen-bond donors (Lipinski definition) is 0. The van der Waals surface area contributed by atoms with Crippen molar-refractivity contribution >= 4 is 43.6 Å². The van der Waals surface area contributed by atoms with Gasteiger partial charge in [-0.3, -0.25) is 0 Å². The number of fused-ring (bicyclic) bond motifs is 6. The predicted molar refractivity (Wildman–Crippen MR) is 195 cm³/mol. The number of nitrogens with zero attached hydrogens (tertiary/aromatic N) is 4. The highest BCUT2D eigenvalue weighted by Crippen LogP contribution is 2.39. The fourth-order valence-electron chi connectivity index (χ4n) is 7.25. The van der Waals surface area contributed by atoms with E-state index >= 15 is 0 Å². The zero-order valence-corrected chi connectivity index (χ0v) is 25.8. The van der Waals surface area contributed by atoms with E-state index in [9.17, 15) is 10.5 Å². The molecule has 9 aromatic rings. The first kappa shape index (κ1) is 27.4. The Morgan fingerprint density at radius 2 is 0.958 bits per heavy atom. The Morgan fingerprint density at radius 1 is 0.396 bits per heavy atom. The molecule has 2 aromatic heterocycles. The van der Waals surface area contributed by atoms with Crippen LogP contribution in [0.1, 0.15) is 11.1 Å². The van der Waals surface area contributed by atoms with Crippen molar-refractivity contribution in [2.75, 3.05) is 0 Å². The van der Waals surface area contributed by atoms with Crippen molar-refractivity contribution < 1.29 is 0 Å². The van der Waals surface area contributed by atoms with Crippen LogP contribution in [0.2, 0.25) is 0 Å². The fraction of sp³-hybridized carbons (Fsp3) is 0. The summed E-state index contributed by atoms with van der Waals surface area (Å²) >= 11 is 0. The number of nitriles is 2. The Hall–Kier alpha value is -6.88. The van der Waals surface area contributed by atoms with Crippen LogP contribution in [0.15, 0.2) is 158 Å². The summed E-state index contributed by atoms with van der Waals surface area (Å²) in [5.41, 5.74) is 11.7. The van der Waals surface area contributed by atoms with Gasteiger partial charge in [-0.1, -0.05) is 91.0 Å². The van der Waals surface area contributed by atoms with E-state index in [1.807, 2.05) is 54.6 Å². The quantitative estimate of drug-likeness (QED) is 0.199. The lowest BCUT2D eigenvalue weighted by molar-refractivity contribution is 1.18. The van der Waals surface area contributed by atoms with Gasteiger partial charge in [-0.15, -0.1) is 0 Å². The average molecular weight is 611 g/mol. The van der Waals surface area contributed by atoms with E-state index in [0.717, 1.165) is 55.4 Å². The second-order valence-corrected chi connectivity index (χ2v) is 12.0. The Balaban J connectivity index is 1.19. The highest BCUT2D eigenvalue weighted by molar-refractivity contribution is 6.11. The van der Waals surface area contributed by atoms with E-state index in [4.69, 9.17) is 0 Å². The summed E-state index contributed by atoms with van der Waals surface area (Å²) in [6.45, 7) is 0. The van der Waals surface area contributed by atoms with Gasteiger partial charge >= 0.3 is 0 Å². The van der Waals surface area contributed by atoms with Crippen LogP contribution in [0, 0.1) is 22.7 Å². The van der Waals surface area contributed by atoms with Crippen LogP contribution >= 0.6 is 0 Å². The van der Waals surface area contributed by atoms with E-state index in [-0.39, 0.29) is 0 Å². The summed E-state index contributed by atoms with van der Waals surface area (Å²) in [5.74, 6) is 0. The second-order valence-electron chi connectivity index (χ2n) is 12.0. The third-order valence-corrected chi connectivity index (χ3v) is 9.42. The maximum absolute atomic E-state index is 10.3. The molecule has 0 saturated carbocycles. The highest BCUT2D eigenvalue weighted by Gasteiger charge is 2.18. The van der Waals surface area contributed by atoms with Crippen LogP contribution in [0.4, 0.5) is 0 Å². The molecule has 0 fully saturated rings. The van der Waals surface area contributed by atoms with Gasteiger partial charge < -0.3 is 9.13 Å². The number of rotatable bonds is 4. The molecule has 0 spiro atoms. The van der Waals surface area contributed by atoms with Gasteiger partial charge in [0.1, 0.15) is 0 Å². The van der Waals surface area contributed by atoms with E-state index in [2.05, 4.69) is 124 Å². The van der Waals surface area contributed by atoms with Gasteiger partial charge in [0.15, 0.2) is 0 Å². The summed E-state index contributed by atoms with van der Waals surface area (Å²) in [4.78, 5) is 0. The van der Waals surface area contributed by atoms with Crippen molar-refractivity contribution in [2.45, 2.75) is 0 Å². The molecule has 48 heavy (non-hydrogen) atoms. The first-order chi connectivity index (χ1) is 23.7. The molecule has 9 rings (SSSR count). The summed E-state index contributed by atoms with van der Waals surface area (Å²) in [5, 5.41) is 24.5. The maximum Gasteiger partial charge on any atom is 0.0998 e. The predicted octanol–water partition coefficient (Wildman–Crippen LogP) is 11.0. The van der Waals surface area contributed by atoms with Crippen LogP contribution in [-0.4, -0.2) is 9.13 Å². The standard InChI is InChI=1S/C44H26N4/c45-27-29-17-24-44-39(25-29)37-12-4-8-16-43(37)48(44)42-15-7-3-11-36(42)38-26-31(18-19-32(38)28-46)30-20-22-33(23-21-30)47-40-13-5-1-9-34(40)35-10-2-6-14-41(35)47/h1-26H. The Bertz CT molecular complexity index is 2750. The maximum atomic E-state index is 10.3. The Kier molecular flexibility index (Phi) is 6.22. The molecule has 7 aromatic carbocycles. The molecule has 0 aliphatic heterocycles. The van der Waals surface area contributed by atoms with Crippen LogP contribution in [-0.2, 0) is 0 Å². The molecule has 0 amide bonds. The average Bonchev–Trinajstić information content (AvgIpc) is 3.67. The number of aromatic nitrogens is 2. The van der Waals surface area contributed by atoms with Gasteiger partial charge in [-0.2, -0.15) is 10.5 Å². The Morgan fingerprint density at radius 3 is 1.62 bits per heavy atom. The zero-order valence-electron chi connectivity index (χ0n) is 25.8. The van der Waals surface area contributed by atoms with Crippen molar-refractivity contribution in [1.29, 1.82) is 10.5 Å². The summed E-state index contributed by atoms with van der Waals surface area (Å²) in [6.07, 6.45) is 0. The zero-order chi connectivity index (χ0) is 32.2. The van der Waals surface area contributed by atoms with E-state index in [1.54, 1.807) is 0 Å². The first-order valence-corrected chi connectivity index (χ1v) is 15.9.